The van der Waals surface area contributed by atoms with E-state index in [1.807, 2.05) is 84.9 Å². The Balaban J connectivity index is 1.34. The first-order valence-corrected chi connectivity index (χ1v) is 14.8. The summed E-state index contributed by atoms with van der Waals surface area (Å²) in [5, 5.41) is 4.21. The van der Waals surface area contributed by atoms with E-state index in [0.29, 0.717) is 19.5 Å². The highest BCUT2D eigenvalue weighted by atomic mass is 16.2. The SMILES string of the molecule is Cn1cc(C=CC(=O)N(Cc2ccc(-c3cnccn3)cc2)[C@@H](Cc2ccccc2)C(=O)N2CCc3ccccc3C2)cn1. The van der Waals surface area contributed by atoms with Crippen LogP contribution in [0.4, 0.5) is 0 Å². The number of rotatable bonds is 9. The number of benzene rings is 3. The van der Waals surface area contributed by atoms with Gasteiger partial charge in [0.05, 0.1) is 18.1 Å². The third-order valence-corrected chi connectivity index (χ3v) is 7.97. The highest BCUT2D eigenvalue weighted by Crippen LogP contribution is 2.24. The smallest absolute Gasteiger partial charge is 0.247 e. The van der Waals surface area contributed by atoms with Gasteiger partial charge in [-0.3, -0.25) is 24.2 Å². The standard InChI is InChI=1S/C36H34N6O2/c1-40-24-29(22-39-40)13-16-35(43)42(25-28-11-14-31(15-12-28)33-23-37-18-19-38-33)34(21-27-7-3-2-4-8-27)36(44)41-20-17-30-9-5-6-10-32(30)26-41/h2-16,18-19,22-24,34H,17,20-21,25-26H2,1H3/t34-/m0/s1. The van der Waals surface area contributed by atoms with Crippen LogP contribution in [0.25, 0.3) is 17.3 Å². The summed E-state index contributed by atoms with van der Waals surface area (Å²) in [4.78, 5) is 40.7. The van der Waals surface area contributed by atoms with Crippen molar-refractivity contribution in [1.29, 1.82) is 0 Å². The van der Waals surface area contributed by atoms with E-state index in [9.17, 15) is 9.59 Å². The molecular formula is C36H34N6O2. The molecule has 220 valence electrons. The van der Waals surface area contributed by atoms with Gasteiger partial charge in [-0.25, -0.2) is 0 Å². The molecule has 1 aliphatic rings. The van der Waals surface area contributed by atoms with Crippen molar-refractivity contribution in [3.63, 3.8) is 0 Å². The largest absolute Gasteiger partial charge is 0.336 e. The van der Waals surface area contributed by atoms with Crippen molar-refractivity contribution >= 4 is 17.9 Å². The molecule has 6 rings (SSSR count). The fourth-order valence-corrected chi connectivity index (χ4v) is 5.62. The average molecular weight is 583 g/mol. The van der Waals surface area contributed by atoms with Gasteiger partial charge in [0.25, 0.3) is 0 Å². The van der Waals surface area contributed by atoms with Gasteiger partial charge in [-0.15, -0.1) is 0 Å². The number of hydrogen-bond acceptors (Lipinski definition) is 5. The van der Waals surface area contributed by atoms with Gasteiger partial charge >= 0.3 is 0 Å². The summed E-state index contributed by atoms with van der Waals surface area (Å²) < 4.78 is 1.69. The maximum absolute atomic E-state index is 14.4. The lowest BCUT2D eigenvalue weighted by Crippen LogP contribution is -2.52. The predicted octanol–water partition coefficient (Wildman–Crippen LogP) is 5.12. The van der Waals surface area contributed by atoms with E-state index in [2.05, 4.69) is 27.2 Å². The highest BCUT2D eigenvalue weighted by Gasteiger charge is 2.34. The van der Waals surface area contributed by atoms with Gasteiger partial charge in [-0.05, 0) is 34.8 Å². The van der Waals surface area contributed by atoms with Crippen molar-refractivity contribution in [2.24, 2.45) is 7.05 Å². The Morgan fingerprint density at radius 2 is 1.68 bits per heavy atom. The first-order valence-electron chi connectivity index (χ1n) is 14.8. The minimum atomic E-state index is -0.701. The summed E-state index contributed by atoms with van der Waals surface area (Å²) in [5.41, 5.74) is 6.85. The molecule has 8 nitrogen and oxygen atoms in total. The lowest BCUT2D eigenvalue weighted by molar-refractivity contribution is -0.144. The Kier molecular flexibility index (Phi) is 8.68. The summed E-state index contributed by atoms with van der Waals surface area (Å²) in [6.07, 6.45) is 13.1. The molecular weight excluding hydrogens is 548 g/mol. The zero-order valence-corrected chi connectivity index (χ0v) is 24.7. The van der Waals surface area contributed by atoms with Crippen LogP contribution in [-0.4, -0.2) is 53.9 Å². The molecule has 2 amide bonds. The number of hydrogen-bond donors (Lipinski definition) is 0. The molecule has 0 aliphatic carbocycles. The van der Waals surface area contributed by atoms with Crippen LogP contribution in [0.15, 0.2) is 116 Å². The van der Waals surface area contributed by atoms with E-state index < -0.39 is 6.04 Å². The van der Waals surface area contributed by atoms with Gasteiger partial charge in [-0.1, -0.05) is 78.9 Å². The van der Waals surface area contributed by atoms with E-state index in [1.54, 1.807) is 46.5 Å². The van der Waals surface area contributed by atoms with Crippen molar-refractivity contribution < 1.29 is 9.59 Å². The van der Waals surface area contributed by atoms with Crippen molar-refractivity contribution in [3.8, 4) is 11.3 Å². The molecule has 5 aromatic rings. The first kappa shape index (κ1) is 28.7. The van der Waals surface area contributed by atoms with E-state index in [4.69, 9.17) is 0 Å². The van der Waals surface area contributed by atoms with Crippen molar-refractivity contribution in [2.75, 3.05) is 6.54 Å². The van der Waals surface area contributed by atoms with Crippen molar-refractivity contribution in [1.82, 2.24) is 29.5 Å². The minimum Gasteiger partial charge on any atom is -0.336 e. The third-order valence-electron chi connectivity index (χ3n) is 7.97. The van der Waals surface area contributed by atoms with Crippen LogP contribution in [0, 0.1) is 0 Å². The summed E-state index contributed by atoms with van der Waals surface area (Å²) in [7, 11) is 1.83. The quantitative estimate of drug-likeness (QED) is 0.226. The van der Waals surface area contributed by atoms with Crippen LogP contribution in [0.3, 0.4) is 0 Å². The molecule has 0 fully saturated rings. The Hall–Kier alpha value is -5.37. The fourth-order valence-electron chi connectivity index (χ4n) is 5.62. The van der Waals surface area contributed by atoms with Gasteiger partial charge in [0, 0.05) is 68.9 Å². The molecule has 3 heterocycles. The number of nitrogens with zero attached hydrogens (tertiary/aromatic N) is 6. The number of aryl methyl sites for hydroxylation is 1. The number of amides is 2. The minimum absolute atomic E-state index is 0.0531. The summed E-state index contributed by atoms with van der Waals surface area (Å²) in [6.45, 7) is 1.41. The Morgan fingerprint density at radius 3 is 2.41 bits per heavy atom. The number of carbonyl (C=O) groups excluding carboxylic acids is 2. The average Bonchev–Trinajstić information content (AvgIpc) is 3.50. The Bertz CT molecular complexity index is 1750. The third kappa shape index (κ3) is 6.81. The van der Waals surface area contributed by atoms with Crippen LogP contribution in [0.1, 0.15) is 27.8 Å². The number of fused-ring (bicyclic) bond motifs is 1. The normalized spacial score (nSPS) is 13.4. The summed E-state index contributed by atoms with van der Waals surface area (Å²) in [6, 6.07) is 25.4. The molecule has 1 atom stereocenters. The zero-order valence-electron chi connectivity index (χ0n) is 24.7. The van der Waals surface area contributed by atoms with Gasteiger partial charge in [0.15, 0.2) is 0 Å². The zero-order chi connectivity index (χ0) is 30.3. The van der Waals surface area contributed by atoms with Crippen molar-refractivity contribution in [2.45, 2.75) is 32.0 Å². The molecule has 0 radical (unpaired) electrons. The van der Waals surface area contributed by atoms with Gasteiger partial charge in [-0.2, -0.15) is 5.10 Å². The first-order chi connectivity index (χ1) is 21.5. The molecule has 3 aromatic carbocycles. The van der Waals surface area contributed by atoms with Crippen LogP contribution in [0.5, 0.6) is 0 Å². The molecule has 0 N–H and O–H groups in total. The molecule has 0 saturated heterocycles. The molecule has 0 bridgehead atoms. The molecule has 0 spiro atoms. The molecule has 8 heteroatoms. The second-order valence-corrected chi connectivity index (χ2v) is 11.0. The predicted molar refractivity (Wildman–Crippen MR) is 170 cm³/mol. The topological polar surface area (TPSA) is 84.2 Å². The lowest BCUT2D eigenvalue weighted by Gasteiger charge is -2.37. The Labute approximate surface area is 257 Å². The molecule has 0 unspecified atom stereocenters. The van der Waals surface area contributed by atoms with Crippen LogP contribution in [-0.2, 0) is 42.6 Å². The molecule has 44 heavy (non-hydrogen) atoms. The summed E-state index contributed by atoms with van der Waals surface area (Å²) >= 11 is 0. The number of aromatic nitrogens is 4. The maximum Gasteiger partial charge on any atom is 0.247 e. The van der Waals surface area contributed by atoms with Crippen LogP contribution in [0.2, 0.25) is 0 Å². The van der Waals surface area contributed by atoms with Crippen LogP contribution >= 0.6 is 0 Å². The van der Waals surface area contributed by atoms with E-state index in [1.165, 1.54) is 5.56 Å². The van der Waals surface area contributed by atoms with Gasteiger partial charge < -0.3 is 9.80 Å². The van der Waals surface area contributed by atoms with Gasteiger partial charge in [0.2, 0.25) is 11.8 Å². The molecule has 0 saturated carbocycles. The summed E-state index contributed by atoms with van der Waals surface area (Å²) in [5.74, 6) is -0.291. The van der Waals surface area contributed by atoms with E-state index in [-0.39, 0.29) is 18.4 Å². The Morgan fingerprint density at radius 1 is 0.909 bits per heavy atom. The molecule has 2 aromatic heterocycles. The second-order valence-electron chi connectivity index (χ2n) is 11.0. The monoisotopic (exact) mass is 582 g/mol. The van der Waals surface area contributed by atoms with E-state index in [0.717, 1.165) is 39.9 Å². The van der Waals surface area contributed by atoms with Gasteiger partial charge in [0.1, 0.15) is 6.04 Å². The van der Waals surface area contributed by atoms with Crippen LogP contribution < -0.4 is 0 Å². The van der Waals surface area contributed by atoms with Crippen molar-refractivity contribution in [3.05, 3.63) is 144 Å². The fraction of sp³-hybridized carbons (Fsp3) is 0.194. The maximum atomic E-state index is 14.4. The second kappa shape index (κ2) is 13.3. The molecule has 1 aliphatic heterocycles. The lowest BCUT2D eigenvalue weighted by atomic mass is 9.97. The van der Waals surface area contributed by atoms with E-state index >= 15 is 0 Å². The number of carbonyl (C=O) groups is 2. The highest BCUT2D eigenvalue weighted by molar-refractivity contribution is 5.95.